The summed E-state index contributed by atoms with van der Waals surface area (Å²) < 4.78 is 6.02. The third-order valence-electron chi connectivity index (χ3n) is 3.41. The lowest BCUT2D eigenvalue weighted by molar-refractivity contribution is -0.125. The highest BCUT2D eigenvalue weighted by Crippen LogP contribution is 2.26. The normalized spacial score (nSPS) is 11.2. The average Bonchev–Trinajstić information content (AvgIpc) is 2.93. The van der Waals surface area contributed by atoms with Crippen molar-refractivity contribution < 1.29 is 19.1 Å². The molecule has 2 aromatic rings. The largest absolute Gasteiger partial charge is 0.475 e. The number of halogens is 1. The van der Waals surface area contributed by atoms with E-state index in [0.717, 1.165) is 10.0 Å². The monoisotopic (exact) mass is 365 g/mol. The second kappa shape index (κ2) is 6.36. The molecule has 1 heterocycles. The van der Waals surface area contributed by atoms with E-state index < -0.39 is 11.4 Å². The Morgan fingerprint density at radius 2 is 2.00 bits per heavy atom. The first kappa shape index (κ1) is 16.3. The van der Waals surface area contributed by atoms with Gasteiger partial charge in [-0.15, -0.1) is 0 Å². The SMILES string of the molecule is CC(C)(C(=O)NCc1ccc(C(=O)O)o1)c1cccc(Br)c1. The van der Waals surface area contributed by atoms with E-state index in [-0.39, 0.29) is 18.2 Å². The molecule has 2 rings (SSSR count). The summed E-state index contributed by atoms with van der Waals surface area (Å²) in [6.45, 7) is 3.80. The molecule has 0 bridgehead atoms. The fraction of sp³-hybridized carbons (Fsp3) is 0.250. The van der Waals surface area contributed by atoms with Gasteiger partial charge in [0.05, 0.1) is 12.0 Å². The Morgan fingerprint density at radius 1 is 1.27 bits per heavy atom. The van der Waals surface area contributed by atoms with Crippen molar-refractivity contribution in [2.45, 2.75) is 25.8 Å². The number of hydrogen-bond donors (Lipinski definition) is 2. The minimum Gasteiger partial charge on any atom is -0.475 e. The second-order valence-electron chi connectivity index (χ2n) is 5.39. The standard InChI is InChI=1S/C16H16BrNO4/c1-16(2,10-4-3-5-11(17)8-10)15(21)18-9-12-6-7-13(22-12)14(19)20/h3-8H,9H2,1-2H3,(H,18,21)(H,19,20). The van der Waals surface area contributed by atoms with Crippen LogP contribution in [-0.2, 0) is 16.8 Å². The zero-order valence-corrected chi connectivity index (χ0v) is 13.8. The molecule has 116 valence electrons. The van der Waals surface area contributed by atoms with Gasteiger partial charge in [0.1, 0.15) is 5.76 Å². The summed E-state index contributed by atoms with van der Waals surface area (Å²) in [5, 5.41) is 11.6. The van der Waals surface area contributed by atoms with Crippen molar-refractivity contribution in [3.8, 4) is 0 Å². The molecule has 0 radical (unpaired) electrons. The van der Waals surface area contributed by atoms with Crippen LogP contribution in [0.5, 0.6) is 0 Å². The number of carboxylic acid groups (broad SMARTS) is 1. The molecule has 0 saturated carbocycles. The number of carbonyl (C=O) groups excluding carboxylic acids is 1. The van der Waals surface area contributed by atoms with Crippen LogP contribution >= 0.6 is 15.9 Å². The summed E-state index contributed by atoms with van der Waals surface area (Å²) in [6, 6.07) is 10.5. The van der Waals surface area contributed by atoms with Crippen LogP contribution in [0.4, 0.5) is 0 Å². The van der Waals surface area contributed by atoms with Crippen molar-refractivity contribution in [3.05, 3.63) is 58.0 Å². The predicted octanol–water partition coefficient (Wildman–Crippen LogP) is 3.33. The Kier molecular flexibility index (Phi) is 4.71. The number of hydrogen-bond acceptors (Lipinski definition) is 3. The van der Waals surface area contributed by atoms with Crippen LogP contribution in [0.3, 0.4) is 0 Å². The van der Waals surface area contributed by atoms with Crippen LogP contribution in [0.1, 0.15) is 35.7 Å². The maximum absolute atomic E-state index is 12.4. The summed E-state index contributed by atoms with van der Waals surface area (Å²) in [5.41, 5.74) is 0.163. The van der Waals surface area contributed by atoms with Crippen molar-refractivity contribution in [1.29, 1.82) is 0 Å². The number of aromatic carboxylic acids is 1. The minimum atomic E-state index is -1.13. The van der Waals surface area contributed by atoms with Crippen LogP contribution in [0.2, 0.25) is 0 Å². The molecular formula is C16H16BrNO4. The summed E-state index contributed by atoms with van der Waals surface area (Å²) >= 11 is 3.39. The number of carboxylic acids is 1. The molecule has 0 fully saturated rings. The summed E-state index contributed by atoms with van der Waals surface area (Å²) in [7, 11) is 0. The number of benzene rings is 1. The van der Waals surface area contributed by atoms with Gasteiger partial charge < -0.3 is 14.8 Å². The van der Waals surface area contributed by atoms with Crippen molar-refractivity contribution in [3.63, 3.8) is 0 Å². The molecule has 0 aliphatic heterocycles. The molecule has 0 saturated heterocycles. The van der Waals surface area contributed by atoms with Crippen molar-refractivity contribution in [1.82, 2.24) is 5.32 Å². The van der Waals surface area contributed by atoms with Gasteiger partial charge in [0.25, 0.3) is 0 Å². The van der Waals surface area contributed by atoms with Gasteiger partial charge in [-0.05, 0) is 43.7 Å². The molecule has 1 aromatic heterocycles. The summed E-state index contributed by atoms with van der Waals surface area (Å²) in [6.07, 6.45) is 0. The Hall–Kier alpha value is -2.08. The van der Waals surface area contributed by atoms with Crippen molar-refractivity contribution in [2.75, 3.05) is 0 Å². The lowest BCUT2D eigenvalue weighted by Crippen LogP contribution is -2.39. The van der Waals surface area contributed by atoms with E-state index in [1.54, 1.807) is 0 Å². The fourth-order valence-electron chi connectivity index (χ4n) is 1.98. The molecule has 22 heavy (non-hydrogen) atoms. The molecule has 0 spiro atoms. The molecule has 6 heteroatoms. The van der Waals surface area contributed by atoms with Crippen molar-refractivity contribution >= 4 is 27.8 Å². The number of rotatable bonds is 5. The highest BCUT2D eigenvalue weighted by atomic mass is 79.9. The molecule has 0 aliphatic rings. The minimum absolute atomic E-state index is 0.142. The van der Waals surface area contributed by atoms with Crippen LogP contribution < -0.4 is 5.32 Å². The maximum Gasteiger partial charge on any atom is 0.371 e. The topological polar surface area (TPSA) is 79.5 Å². The first-order valence-electron chi connectivity index (χ1n) is 6.67. The fourth-order valence-corrected chi connectivity index (χ4v) is 2.38. The highest BCUT2D eigenvalue weighted by Gasteiger charge is 2.29. The molecule has 0 atom stereocenters. The Labute approximate surface area is 136 Å². The van der Waals surface area contributed by atoms with Gasteiger partial charge in [-0.1, -0.05) is 28.1 Å². The predicted molar refractivity (Wildman–Crippen MR) is 84.7 cm³/mol. The molecule has 5 nitrogen and oxygen atoms in total. The number of amides is 1. The zero-order valence-electron chi connectivity index (χ0n) is 12.2. The van der Waals surface area contributed by atoms with Crippen LogP contribution in [0.25, 0.3) is 0 Å². The van der Waals surface area contributed by atoms with E-state index in [1.807, 2.05) is 38.1 Å². The van der Waals surface area contributed by atoms with E-state index in [9.17, 15) is 9.59 Å². The molecule has 1 amide bonds. The van der Waals surface area contributed by atoms with Gasteiger partial charge in [-0.3, -0.25) is 4.79 Å². The Balaban J connectivity index is 2.05. The third-order valence-corrected chi connectivity index (χ3v) is 3.90. The number of nitrogens with one attached hydrogen (secondary N) is 1. The molecule has 1 aromatic carbocycles. The smallest absolute Gasteiger partial charge is 0.371 e. The van der Waals surface area contributed by atoms with Gasteiger partial charge >= 0.3 is 5.97 Å². The highest BCUT2D eigenvalue weighted by molar-refractivity contribution is 9.10. The molecular weight excluding hydrogens is 350 g/mol. The van der Waals surface area contributed by atoms with E-state index in [2.05, 4.69) is 21.2 Å². The third kappa shape index (κ3) is 3.57. The van der Waals surface area contributed by atoms with E-state index in [0.29, 0.717) is 5.76 Å². The number of carbonyl (C=O) groups is 2. The molecule has 0 unspecified atom stereocenters. The lowest BCUT2D eigenvalue weighted by Gasteiger charge is -2.24. The van der Waals surface area contributed by atoms with Crippen LogP contribution in [0, 0.1) is 0 Å². The molecule has 0 aliphatic carbocycles. The van der Waals surface area contributed by atoms with Gasteiger partial charge in [0.15, 0.2) is 0 Å². The molecule has 2 N–H and O–H groups in total. The Morgan fingerprint density at radius 3 is 2.59 bits per heavy atom. The number of furan rings is 1. The first-order valence-corrected chi connectivity index (χ1v) is 7.46. The maximum atomic E-state index is 12.4. The van der Waals surface area contributed by atoms with Crippen molar-refractivity contribution in [2.24, 2.45) is 0 Å². The van der Waals surface area contributed by atoms with Crippen LogP contribution in [0.15, 0.2) is 45.3 Å². The summed E-state index contributed by atoms with van der Waals surface area (Å²) in [4.78, 5) is 23.1. The van der Waals surface area contributed by atoms with Gasteiger partial charge in [-0.25, -0.2) is 4.79 Å². The lowest BCUT2D eigenvalue weighted by atomic mass is 9.84. The summed E-state index contributed by atoms with van der Waals surface area (Å²) in [5.74, 6) is -1.04. The average molecular weight is 366 g/mol. The van der Waals surface area contributed by atoms with E-state index in [1.165, 1.54) is 12.1 Å². The quantitative estimate of drug-likeness (QED) is 0.851. The van der Waals surface area contributed by atoms with E-state index >= 15 is 0 Å². The van der Waals surface area contributed by atoms with E-state index in [4.69, 9.17) is 9.52 Å². The van der Waals surface area contributed by atoms with Gasteiger partial charge in [0.2, 0.25) is 11.7 Å². The van der Waals surface area contributed by atoms with Crippen LogP contribution in [-0.4, -0.2) is 17.0 Å². The second-order valence-corrected chi connectivity index (χ2v) is 6.30. The van der Waals surface area contributed by atoms with Gasteiger partial charge in [-0.2, -0.15) is 0 Å². The Bertz CT molecular complexity index is 706. The van der Waals surface area contributed by atoms with Gasteiger partial charge in [0, 0.05) is 4.47 Å². The zero-order chi connectivity index (χ0) is 16.3. The first-order chi connectivity index (χ1) is 10.3.